The first-order valence-electron chi connectivity index (χ1n) is 8.52. The summed E-state index contributed by atoms with van der Waals surface area (Å²) in [6.45, 7) is 4.76. The average molecular weight is 344 g/mol. The van der Waals surface area contributed by atoms with Crippen molar-refractivity contribution in [2.75, 3.05) is 32.0 Å². The molecular formula is C17H24N6O2. The number of pyridine rings is 1. The second-order valence-electron chi connectivity index (χ2n) is 6.46. The van der Waals surface area contributed by atoms with E-state index in [1.165, 1.54) is 0 Å². The van der Waals surface area contributed by atoms with Gasteiger partial charge >= 0.3 is 0 Å². The first-order chi connectivity index (χ1) is 12.1. The van der Waals surface area contributed by atoms with E-state index in [0.717, 1.165) is 37.4 Å². The number of amides is 1. The number of nitrogens with one attached hydrogen (secondary N) is 1. The summed E-state index contributed by atoms with van der Waals surface area (Å²) in [4.78, 5) is 24.9. The molecule has 8 heteroatoms. The van der Waals surface area contributed by atoms with Crippen LogP contribution < -0.4 is 5.32 Å². The molecule has 2 aromatic rings. The van der Waals surface area contributed by atoms with Gasteiger partial charge in [-0.1, -0.05) is 5.16 Å². The molecule has 0 aromatic carbocycles. The van der Waals surface area contributed by atoms with Gasteiger partial charge in [0.15, 0.2) is 5.82 Å². The summed E-state index contributed by atoms with van der Waals surface area (Å²) in [7, 11) is 2.00. The maximum absolute atomic E-state index is 12.2. The highest BCUT2D eigenvalue weighted by atomic mass is 16.5. The molecule has 0 bridgehead atoms. The number of aromatic nitrogens is 3. The van der Waals surface area contributed by atoms with Crippen LogP contribution in [0.1, 0.15) is 24.6 Å². The molecule has 1 amide bonds. The second kappa shape index (κ2) is 8.17. The fourth-order valence-corrected chi connectivity index (χ4v) is 3.13. The molecule has 3 rings (SSSR count). The lowest BCUT2D eigenvalue weighted by Crippen LogP contribution is -2.48. The highest BCUT2D eigenvalue weighted by molar-refractivity contribution is 5.92. The van der Waals surface area contributed by atoms with Crippen molar-refractivity contribution in [1.29, 1.82) is 0 Å². The summed E-state index contributed by atoms with van der Waals surface area (Å²) >= 11 is 0. The van der Waals surface area contributed by atoms with Crippen LogP contribution in [0.15, 0.2) is 29.0 Å². The Morgan fingerprint density at radius 1 is 1.44 bits per heavy atom. The lowest BCUT2D eigenvalue weighted by Gasteiger charge is -2.36. The van der Waals surface area contributed by atoms with Crippen molar-refractivity contribution in [3.05, 3.63) is 36.2 Å². The summed E-state index contributed by atoms with van der Waals surface area (Å²) in [5.41, 5.74) is 0.770. The van der Waals surface area contributed by atoms with Gasteiger partial charge in [0.05, 0.1) is 13.1 Å². The number of anilines is 1. The number of likely N-dealkylation sites (tertiary alicyclic amines) is 1. The molecular weight excluding hydrogens is 320 g/mol. The summed E-state index contributed by atoms with van der Waals surface area (Å²) in [6, 6.07) is 3.91. The highest BCUT2D eigenvalue weighted by Crippen LogP contribution is 2.16. The molecule has 1 N–H and O–H groups in total. The minimum Gasteiger partial charge on any atom is -0.340 e. The van der Waals surface area contributed by atoms with E-state index < -0.39 is 0 Å². The van der Waals surface area contributed by atoms with Gasteiger partial charge in [0.1, 0.15) is 0 Å². The smallest absolute Gasteiger partial charge is 0.238 e. The molecule has 0 spiro atoms. The predicted octanol–water partition coefficient (Wildman–Crippen LogP) is 1.31. The van der Waals surface area contributed by atoms with Crippen LogP contribution in [0.3, 0.4) is 0 Å². The van der Waals surface area contributed by atoms with E-state index in [9.17, 15) is 4.79 Å². The number of nitrogens with zero attached hydrogens (tertiary/aromatic N) is 5. The van der Waals surface area contributed by atoms with Gasteiger partial charge in [-0.15, -0.1) is 0 Å². The molecule has 1 fully saturated rings. The number of aryl methyl sites for hydroxylation is 1. The Kier molecular flexibility index (Phi) is 5.72. The molecule has 8 nitrogen and oxygen atoms in total. The molecule has 1 aliphatic heterocycles. The number of likely N-dealkylation sites (N-methyl/N-ethyl adjacent to an activating group) is 1. The fraction of sp³-hybridized carbons (Fsp3) is 0.529. The van der Waals surface area contributed by atoms with E-state index in [2.05, 4.69) is 30.2 Å². The number of hydrogen-bond acceptors (Lipinski definition) is 7. The standard InChI is InChI=1S/C17H24N6O2/c1-13-19-16(21-25-13)11-23-9-3-4-15(10-23)22(2)12-17(24)20-14-5-7-18-8-6-14/h5-8,15H,3-4,9-12H2,1-2H3,(H,18,20,24). The van der Waals surface area contributed by atoms with Gasteiger partial charge in [-0.25, -0.2) is 0 Å². The summed E-state index contributed by atoms with van der Waals surface area (Å²) in [5.74, 6) is 1.30. The van der Waals surface area contributed by atoms with Crippen LogP contribution in [0.2, 0.25) is 0 Å². The SMILES string of the molecule is Cc1nc(CN2CCCC(N(C)CC(=O)Nc3ccncc3)C2)no1. The lowest BCUT2D eigenvalue weighted by atomic mass is 10.0. The second-order valence-corrected chi connectivity index (χ2v) is 6.46. The third kappa shape index (κ3) is 5.07. The Morgan fingerprint density at radius 3 is 2.96 bits per heavy atom. The normalized spacial score (nSPS) is 18.4. The molecule has 1 saturated heterocycles. The predicted molar refractivity (Wildman–Crippen MR) is 92.8 cm³/mol. The number of rotatable bonds is 6. The molecule has 0 aliphatic carbocycles. The van der Waals surface area contributed by atoms with E-state index in [1.807, 2.05) is 7.05 Å². The van der Waals surface area contributed by atoms with Gasteiger partial charge < -0.3 is 9.84 Å². The number of carbonyl (C=O) groups is 1. The lowest BCUT2D eigenvalue weighted by molar-refractivity contribution is -0.117. The summed E-state index contributed by atoms with van der Waals surface area (Å²) in [5, 5.41) is 6.86. The molecule has 1 unspecified atom stereocenters. The maximum atomic E-state index is 12.2. The first kappa shape index (κ1) is 17.5. The van der Waals surface area contributed by atoms with E-state index in [4.69, 9.17) is 4.52 Å². The van der Waals surface area contributed by atoms with Gasteiger partial charge in [0.2, 0.25) is 11.8 Å². The molecule has 0 radical (unpaired) electrons. The molecule has 134 valence electrons. The molecule has 3 heterocycles. The van der Waals surface area contributed by atoms with E-state index in [-0.39, 0.29) is 5.91 Å². The van der Waals surface area contributed by atoms with Crippen molar-refractivity contribution in [3.63, 3.8) is 0 Å². The Balaban J connectivity index is 1.49. The van der Waals surface area contributed by atoms with Crippen LogP contribution in [0.25, 0.3) is 0 Å². The number of hydrogen-bond donors (Lipinski definition) is 1. The molecule has 25 heavy (non-hydrogen) atoms. The first-order valence-corrected chi connectivity index (χ1v) is 8.52. The quantitative estimate of drug-likeness (QED) is 0.845. The Hall–Kier alpha value is -2.32. The van der Waals surface area contributed by atoms with E-state index in [0.29, 0.717) is 25.0 Å². The fourth-order valence-electron chi connectivity index (χ4n) is 3.13. The van der Waals surface area contributed by atoms with Gasteiger partial charge in [0, 0.05) is 37.6 Å². The molecule has 0 saturated carbocycles. The van der Waals surface area contributed by atoms with Crippen LogP contribution in [-0.2, 0) is 11.3 Å². The van der Waals surface area contributed by atoms with Gasteiger partial charge in [-0.05, 0) is 38.6 Å². The van der Waals surface area contributed by atoms with Gasteiger partial charge in [0.25, 0.3) is 0 Å². The Morgan fingerprint density at radius 2 is 2.24 bits per heavy atom. The van der Waals surface area contributed by atoms with Gasteiger partial charge in [-0.3, -0.25) is 19.6 Å². The number of piperidine rings is 1. The summed E-state index contributed by atoms with van der Waals surface area (Å²) in [6.07, 6.45) is 5.51. The van der Waals surface area contributed by atoms with Crippen LogP contribution in [-0.4, -0.2) is 63.6 Å². The third-order valence-corrected chi connectivity index (χ3v) is 4.40. The van der Waals surface area contributed by atoms with Crippen LogP contribution >= 0.6 is 0 Å². The molecule has 1 aliphatic rings. The maximum Gasteiger partial charge on any atom is 0.238 e. The zero-order valence-corrected chi connectivity index (χ0v) is 14.7. The van der Waals surface area contributed by atoms with Crippen molar-refractivity contribution >= 4 is 11.6 Å². The zero-order chi connectivity index (χ0) is 17.6. The van der Waals surface area contributed by atoms with Crippen molar-refractivity contribution in [1.82, 2.24) is 24.9 Å². The van der Waals surface area contributed by atoms with Crippen molar-refractivity contribution in [2.45, 2.75) is 32.4 Å². The summed E-state index contributed by atoms with van der Waals surface area (Å²) < 4.78 is 5.03. The largest absolute Gasteiger partial charge is 0.340 e. The van der Waals surface area contributed by atoms with Crippen LogP contribution in [0, 0.1) is 6.92 Å². The Labute approximate surface area is 147 Å². The minimum atomic E-state index is -0.0142. The Bertz CT molecular complexity index is 689. The van der Waals surface area contributed by atoms with Gasteiger partial charge in [-0.2, -0.15) is 4.98 Å². The third-order valence-electron chi connectivity index (χ3n) is 4.40. The minimum absolute atomic E-state index is 0.0142. The highest BCUT2D eigenvalue weighted by Gasteiger charge is 2.25. The molecule has 1 atom stereocenters. The van der Waals surface area contributed by atoms with E-state index in [1.54, 1.807) is 31.5 Å². The van der Waals surface area contributed by atoms with Crippen molar-refractivity contribution < 1.29 is 9.32 Å². The van der Waals surface area contributed by atoms with Crippen molar-refractivity contribution in [2.24, 2.45) is 0 Å². The van der Waals surface area contributed by atoms with Crippen LogP contribution in [0.4, 0.5) is 5.69 Å². The number of carbonyl (C=O) groups excluding carboxylic acids is 1. The van der Waals surface area contributed by atoms with Crippen LogP contribution in [0.5, 0.6) is 0 Å². The van der Waals surface area contributed by atoms with Crippen molar-refractivity contribution in [3.8, 4) is 0 Å². The average Bonchev–Trinajstić information content (AvgIpc) is 3.00. The monoisotopic (exact) mass is 344 g/mol. The van der Waals surface area contributed by atoms with E-state index >= 15 is 0 Å². The molecule has 2 aromatic heterocycles. The zero-order valence-electron chi connectivity index (χ0n) is 14.7. The topological polar surface area (TPSA) is 87.4 Å².